The summed E-state index contributed by atoms with van der Waals surface area (Å²) >= 11 is 0. The molecular weight excluding hydrogens is 234 g/mol. The predicted octanol–water partition coefficient (Wildman–Crippen LogP) is 3.49. The second-order valence-corrected chi connectivity index (χ2v) is 6.88. The van der Waals surface area contributed by atoms with Crippen molar-refractivity contribution in [1.82, 2.24) is 0 Å². The zero-order chi connectivity index (χ0) is 14.8. The summed E-state index contributed by atoms with van der Waals surface area (Å²) in [5.74, 6) is 0.322. The van der Waals surface area contributed by atoms with Crippen molar-refractivity contribution < 1.29 is 5.11 Å². The fourth-order valence-electron chi connectivity index (χ4n) is 2.34. The van der Waals surface area contributed by atoms with Gasteiger partial charge in [-0.2, -0.15) is 0 Å². The van der Waals surface area contributed by atoms with Crippen molar-refractivity contribution in [3.8, 4) is 0 Å². The fraction of sp³-hybridized carbons (Fsp3) is 0.647. The van der Waals surface area contributed by atoms with Crippen LogP contribution >= 0.6 is 0 Å². The molecule has 0 fully saturated rings. The lowest BCUT2D eigenvalue weighted by atomic mass is 9.82. The molecule has 2 heteroatoms. The van der Waals surface area contributed by atoms with Gasteiger partial charge in [0.25, 0.3) is 0 Å². The maximum absolute atomic E-state index is 9.95. The van der Waals surface area contributed by atoms with Gasteiger partial charge in [-0.25, -0.2) is 0 Å². The Balaban J connectivity index is 2.99. The fourth-order valence-corrected chi connectivity index (χ4v) is 2.34. The second-order valence-electron chi connectivity index (χ2n) is 6.88. The highest BCUT2D eigenvalue weighted by molar-refractivity contribution is 5.36. The van der Waals surface area contributed by atoms with E-state index < -0.39 is 6.10 Å². The van der Waals surface area contributed by atoms with Crippen LogP contribution in [0.25, 0.3) is 0 Å². The van der Waals surface area contributed by atoms with E-state index in [1.54, 1.807) is 0 Å². The van der Waals surface area contributed by atoms with E-state index in [1.807, 2.05) is 6.92 Å². The summed E-state index contributed by atoms with van der Waals surface area (Å²) < 4.78 is 0. The molecule has 0 heterocycles. The molecular formula is C17H29NO. The Labute approximate surface area is 118 Å². The highest BCUT2D eigenvalue weighted by Crippen LogP contribution is 2.30. The predicted molar refractivity (Wildman–Crippen MR) is 82.6 cm³/mol. The molecule has 0 bridgehead atoms. The van der Waals surface area contributed by atoms with Gasteiger partial charge in [-0.05, 0) is 48.3 Å². The zero-order valence-electron chi connectivity index (χ0n) is 13.2. The van der Waals surface area contributed by atoms with Crippen molar-refractivity contribution >= 4 is 0 Å². The number of aryl methyl sites for hydroxylation is 1. The van der Waals surface area contributed by atoms with Crippen LogP contribution in [0.3, 0.4) is 0 Å². The molecule has 0 saturated carbocycles. The second kappa shape index (κ2) is 6.06. The Morgan fingerprint density at radius 3 is 2.26 bits per heavy atom. The molecule has 0 saturated heterocycles. The van der Waals surface area contributed by atoms with Crippen LogP contribution in [0.1, 0.15) is 63.6 Å². The smallest absolute Gasteiger partial charge is 0.0694 e. The molecule has 3 unspecified atom stereocenters. The lowest BCUT2D eigenvalue weighted by Crippen LogP contribution is -2.32. The number of hydrogen-bond acceptors (Lipinski definition) is 2. The third-order valence-corrected chi connectivity index (χ3v) is 3.88. The minimum absolute atomic E-state index is 0.155. The van der Waals surface area contributed by atoms with E-state index in [9.17, 15) is 5.11 Å². The van der Waals surface area contributed by atoms with Crippen molar-refractivity contribution in [3.05, 3.63) is 34.9 Å². The SMILES string of the molecule is Cc1ccc(C(C)(C)C)cc1C(C)CC(O)C(C)N. The van der Waals surface area contributed by atoms with Gasteiger partial charge in [0.05, 0.1) is 6.10 Å². The standard InChI is InChI=1S/C17H29NO/c1-11-7-8-14(17(4,5)6)10-15(11)12(2)9-16(19)13(3)18/h7-8,10,12-13,16,19H,9,18H2,1-6H3. The van der Waals surface area contributed by atoms with Crippen LogP contribution in [-0.4, -0.2) is 17.3 Å². The number of nitrogens with two attached hydrogens (primary N) is 1. The summed E-state index contributed by atoms with van der Waals surface area (Å²) in [6.45, 7) is 12.8. The summed E-state index contributed by atoms with van der Waals surface area (Å²) in [4.78, 5) is 0. The van der Waals surface area contributed by atoms with Gasteiger partial charge < -0.3 is 10.8 Å². The molecule has 0 amide bonds. The van der Waals surface area contributed by atoms with E-state index in [0.717, 1.165) is 0 Å². The molecule has 1 aromatic carbocycles. The molecule has 1 rings (SSSR count). The van der Waals surface area contributed by atoms with Crippen LogP contribution in [0.5, 0.6) is 0 Å². The molecule has 3 N–H and O–H groups in total. The van der Waals surface area contributed by atoms with Crippen LogP contribution in [0.2, 0.25) is 0 Å². The molecule has 0 aliphatic carbocycles. The zero-order valence-corrected chi connectivity index (χ0v) is 13.2. The third kappa shape index (κ3) is 4.32. The van der Waals surface area contributed by atoms with Crippen molar-refractivity contribution in [2.45, 2.75) is 71.4 Å². The van der Waals surface area contributed by atoms with Crippen molar-refractivity contribution in [1.29, 1.82) is 0 Å². The van der Waals surface area contributed by atoms with Crippen molar-refractivity contribution in [2.75, 3.05) is 0 Å². The number of hydrogen-bond donors (Lipinski definition) is 2. The highest BCUT2D eigenvalue weighted by Gasteiger charge is 2.20. The van der Waals surface area contributed by atoms with Crippen LogP contribution < -0.4 is 5.73 Å². The molecule has 0 aliphatic rings. The van der Waals surface area contributed by atoms with Crippen LogP contribution in [0, 0.1) is 6.92 Å². The maximum Gasteiger partial charge on any atom is 0.0694 e. The first kappa shape index (κ1) is 16.2. The molecule has 0 aromatic heterocycles. The molecule has 0 radical (unpaired) electrons. The minimum atomic E-state index is -0.437. The van der Waals surface area contributed by atoms with Gasteiger partial charge in [-0.15, -0.1) is 0 Å². The Kier molecular flexibility index (Phi) is 5.17. The molecule has 0 aliphatic heterocycles. The number of rotatable bonds is 4. The summed E-state index contributed by atoms with van der Waals surface area (Å²) in [7, 11) is 0. The quantitative estimate of drug-likeness (QED) is 0.873. The maximum atomic E-state index is 9.95. The van der Waals surface area contributed by atoms with Crippen molar-refractivity contribution in [3.63, 3.8) is 0 Å². The van der Waals surface area contributed by atoms with Crippen LogP contribution in [0.4, 0.5) is 0 Å². The lowest BCUT2D eigenvalue weighted by Gasteiger charge is -2.25. The highest BCUT2D eigenvalue weighted by atomic mass is 16.3. The monoisotopic (exact) mass is 263 g/mol. The topological polar surface area (TPSA) is 46.2 Å². The molecule has 1 aromatic rings. The molecule has 19 heavy (non-hydrogen) atoms. The Morgan fingerprint density at radius 2 is 1.79 bits per heavy atom. The van der Waals surface area contributed by atoms with E-state index in [2.05, 4.69) is 52.8 Å². The summed E-state index contributed by atoms with van der Waals surface area (Å²) in [6, 6.07) is 6.50. The van der Waals surface area contributed by atoms with Gasteiger partial charge in [0, 0.05) is 6.04 Å². The van der Waals surface area contributed by atoms with E-state index in [1.165, 1.54) is 16.7 Å². The molecule has 0 spiro atoms. The summed E-state index contributed by atoms with van der Waals surface area (Å²) in [5, 5.41) is 9.95. The average molecular weight is 263 g/mol. The third-order valence-electron chi connectivity index (χ3n) is 3.88. The van der Waals surface area contributed by atoms with Gasteiger partial charge in [-0.1, -0.05) is 45.9 Å². The van der Waals surface area contributed by atoms with Crippen LogP contribution in [-0.2, 0) is 5.41 Å². The number of aliphatic hydroxyl groups excluding tert-OH is 1. The average Bonchev–Trinajstić information content (AvgIpc) is 2.27. The van der Waals surface area contributed by atoms with E-state index in [0.29, 0.717) is 12.3 Å². The Hall–Kier alpha value is -0.860. The Bertz CT molecular complexity index is 418. The number of aliphatic hydroxyl groups is 1. The first-order chi connectivity index (χ1) is 8.62. The molecule has 2 nitrogen and oxygen atoms in total. The Morgan fingerprint density at radius 1 is 1.21 bits per heavy atom. The largest absolute Gasteiger partial charge is 0.392 e. The van der Waals surface area contributed by atoms with E-state index >= 15 is 0 Å². The van der Waals surface area contributed by atoms with Gasteiger partial charge in [-0.3, -0.25) is 0 Å². The van der Waals surface area contributed by atoms with E-state index in [4.69, 9.17) is 5.73 Å². The van der Waals surface area contributed by atoms with Crippen molar-refractivity contribution in [2.24, 2.45) is 5.73 Å². The van der Waals surface area contributed by atoms with Gasteiger partial charge in [0.1, 0.15) is 0 Å². The van der Waals surface area contributed by atoms with Crippen LogP contribution in [0.15, 0.2) is 18.2 Å². The molecule has 108 valence electrons. The normalized spacial score (nSPS) is 17.1. The molecule has 3 atom stereocenters. The van der Waals surface area contributed by atoms with Gasteiger partial charge in [0.2, 0.25) is 0 Å². The summed E-state index contributed by atoms with van der Waals surface area (Å²) in [6.07, 6.45) is 0.277. The first-order valence-corrected chi connectivity index (χ1v) is 7.17. The first-order valence-electron chi connectivity index (χ1n) is 7.17. The summed E-state index contributed by atoms with van der Waals surface area (Å²) in [5.41, 5.74) is 9.86. The number of benzene rings is 1. The van der Waals surface area contributed by atoms with Gasteiger partial charge >= 0.3 is 0 Å². The van der Waals surface area contributed by atoms with E-state index in [-0.39, 0.29) is 11.5 Å². The lowest BCUT2D eigenvalue weighted by molar-refractivity contribution is 0.134. The minimum Gasteiger partial charge on any atom is -0.392 e. The van der Waals surface area contributed by atoms with Gasteiger partial charge in [0.15, 0.2) is 0 Å².